The molecule has 0 atom stereocenters. The number of aromatic carboxylic acids is 1. The monoisotopic (exact) mass is 487 g/mol. The molecule has 2 fully saturated rings. The molecular weight excluding hydrogens is 454 g/mol. The molecule has 1 saturated carbocycles. The molecule has 8 nitrogen and oxygen atoms in total. The van der Waals surface area contributed by atoms with E-state index in [9.17, 15) is 18.3 Å². The van der Waals surface area contributed by atoms with Gasteiger partial charge in [-0.05, 0) is 62.2 Å². The number of nitrogens with one attached hydrogen (secondary N) is 1. The topological polar surface area (TPSA) is 99.2 Å². The van der Waals surface area contributed by atoms with Gasteiger partial charge in [-0.3, -0.25) is 9.62 Å². The Morgan fingerprint density at radius 2 is 1.71 bits per heavy atom. The van der Waals surface area contributed by atoms with Gasteiger partial charge in [-0.1, -0.05) is 19.3 Å². The first-order valence-corrected chi connectivity index (χ1v) is 13.5. The third kappa shape index (κ3) is 5.64. The number of hydrogen-bond acceptors (Lipinski definition) is 6. The molecule has 0 spiro atoms. The zero-order valence-corrected chi connectivity index (χ0v) is 20.4. The maximum atomic E-state index is 12.9. The van der Waals surface area contributed by atoms with E-state index >= 15 is 0 Å². The van der Waals surface area contributed by atoms with Crippen LogP contribution in [0.3, 0.4) is 0 Å². The molecular formula is C25H33N3O5S. The normalized spacial score (nSPS) is 18.0. The summed E-state index contributed by atoms with van der Waals surface area (Å²) in [6.45, 7) is 5.90. The number of ether oxygens (including phenoxy) is 1. The highest BCUT2D eigenvalue weighted by Crippen LogP contribution is 2.29. The van der Waals surface area contributed by atoms with E-state index in [0.29, 0.717) is 18.4 Å². The number of carbonyl (C=O) groups is 1. The molecule has 2 aliphatic rings. The van der Waals surface area contributed by atoms with Gasteiger partial charge in [0.05, 0.1) is 22.8 Å². The van der Waals surface area contributed by atoms with Gasteiger partial charge in [-0.2, -0.15) is 0 Å². The number of benzene rings is 2. The second-order valence-corrected chi connectivity index (χ2v) is 10.5. The molecule has 0 bridgehead atoms. The van der Waals surface area contributed by atoms with E-state index in [1.54, 1.807) is 30.3 Å². The van der Waals surface area contributed by atoms with Gasteiger partial charge in [0.15, 0.2) is 0 Å². The fraction of sp³-hybridized carbons (Fsp3) is 0.480. The third-order valence-electron chi connectivity index (χ3n) is 6.69. The fourth-order valence-electron chi connectivity index (χ4n) is 4.87. The molecule has 0 unspecified atom stereocenters. The minimum Gasteiger partial charge on any atom is -0.494 e. The molecule has 9 heteroatoms. The molecule has 184 valence electrons. The Balaban J connectivity index is 1.47. The smallest absolute Gasteiger partial charge is 0.337 e. The maximum Gasteiger partial charge on any atom is 0.337 e. The van der Waals surface area contributed by atoms with E-state index in [-0.39, 0.29) is 16.1 Å². The van der Waals surface area contributed by atoms with Crippen LogP contribution in [-0.2, 0) is 10.0 Å². The van der Waals surface area contributed by atoms with Crippen LogP contribution < -0.4 is 14.4 Å². The molecule has 2 aromatic carbocycles. The first-order chi connectivity index (χ1) is 16.4. The standard InChI is InChI=1S/C25H33N3O5S/c1-2-33-21-9-11-22(12-10-21)34(31,32)26-24-13-8-20(18-23(24)25(29)30)28-16-14-27(15-17-28)19-6-4-3-5-7-19/h8-13,18-19,26H,2-7,14-17H2,1H3,(H,29,30). The van der Waals surface area contributed by atoms with Crippen molar-refractivity contribution in [2.24, 2.45) is 0 Å². The minimum absolute atomic E-state index is 0.0372. The van der Waals surface area contributed by atoms with Crippen molar-refractivity contribution in [3.8, 4) is 5.75 Å². The van der Waals surface area contributed by atoms with Gasteiger partial charge >= 0.3 is 5.97 Å². The highest BCUT2D eigenvalue weighted by molar-refractivity contribution is 7.92. The van der Waals surface area contributed by atoms with Crippen molar-refractivity contribution < 1.29 is 23.1 Å². The van der Waals surface area contributed by atoms with Crippen LogP contribution in [0.5, 0.6) is 5.75 Å². The molecule has 0 radical (unpaired) electrons. The Labute approximate surface area is 201 Å². The van der Waals surface area contributed by atoms with Crippen LogP contribution in [0.4, 0.5) is 11.4 Å². The largest absolute Gasteiger partial charge is 0.494 e. The highest BCUT2D eigenvalue weighted by Gasteiger charge is 2.26. The predicted octanol–water partition coefficient (Wildman–Crippen LogP) is 4.04. The minimum atomic E-state index is -3.95. The van der Waals surface area contributed by atoms with Gasteiger partial charge in [0.1, 0.15) is 5.75 Å². The highest BCUT2D eigenvalue weighted by atomic mass is 32.2. The van der Waals surface area contributed by atoms with Crippen LogP contribution in [0.15, 0.2) is 47.4 Å². The Kier molecular flexibility index (Phi) is 7.63. The Hall–Kier alpha value is -2.78. The zero-order valence-electron chi connectivity index (χ0n) is 19.6. The Morgan fingerprint density at radius 3 is 2.32 bits per heavy atom. The molecule has 0 aromatic heterocycles. The average Bonchev–Trinajstić information content (AvgIpc) is 2.85. The molecule has 2 aromatic rings. The van der Waals surface area contributed by atoms with E-state index in [0.717, 1.165) is 31.9 Å². The lowest BCUT2D eigenvalue weighted by Gasteiger charge is -2.41. The number of carboxylic acid groups (broad SMARTS) is 1. The number of piperazine rings is 1. The number of hydrogen-bond donors (Lipinski definition) is 2. The Morgan fingerprint density at radius 1 is 1.03 bits per heavy atom. The summed E-state index contributed by atoms with van der Waals surface area (Å²) in [6, 6.07) is 11.6. The van der Waals surface area contributed by atoms with Gasteiger partial charge in [-0.15, -0.1) is 0 Å². The van der Waals surface area contributed by atoms with E-state index < -0.39 is 16.0 Å². The second kappa shape index (κ2) is 10.7. The van der Waals surface area contributed by atoms with Crippen molar-refractivity contribution in [2.45, 2.75) is 50.0 Å². The quantitative estimate of drug-likeness (QED) is 0.580. The van der Waals surface area contributed by atoms with Gasteiger partial charge in [0.2, 0.25) is 0 Å². The molecule has 4 rings (SSSR count). The van der Waals surface area contributed by atoms with Crippen LogP contribution in [0, 0.1) is 0 Å². The summed E-state index contributed by atoms with van der Waals surface area (Å²) in [6.07, 6.45) is 6.49. The van der Waals surface area contributed by atoms with E-state index in [1.807, 2.05) is 6.92 Å². The van der Waals surface area contributed by atoms with Gasteiger partial charge in [-0.25, -0.2) is 13.2 Å². The van der Waals surface area contributed by atoms with Gasteiger partial charge in [0, 0.05) is 37.9 Å². The van der Waals surface area contributed by atoms with Crippen LogP contribution >= 0.6 is 0 Å². The third-order valence-corrected chi connectivity index (χ3v) is 8.07. The number of sulfonamides is 1. The van der Waals surface area contributed by atoms with Crippen LogP contribution in [0.1, 0.15) is 49.4 Å². The summed E-state index contributed by atoms with van der Waals surface area (Å²) >= 11 is 0. The summed E-state index contributed by atoms with van der Waals surface area (Å²) < 4.78 is 33.5. The lowest BCUT2D eigenvalue weighted by Crippen LogP contribution is -2.50. The van der Waals surface area contributed by atoms with Crippen LogP contribution in [0.2, 0.25) is 0 Å². The Bertz CT molecular complexity index is 1090. The number of anilines is 2. The number of carboxylic acids is 1. The molecule has 1 aliphatic carbocycles. The van der Waals surface area contributed by atoms with Crippen molar-refractivity contribution >= 4 is 27.4 Å². The summed E-state index contributed by atoms with van der Waals surface area (Å²) in [7, 11) is -3.95. The molecule has 1 aliphatic heterocycles. The second-order valence-electron chi connectivity index (χ2n) is 8.86. The van der Waals surface area contributed by atoms with Crippen molar-refractivity contribution in [1.82, 2.24) is 4.90 Å². The molecule has 2 N–H and O–H groups in total. The van der Waals surface area contributed by atoms with Crippen molar-refractivity contribution in [2.75, 3.05) is 42.4 Å². The lowest BCUT2D eigenvalue weighted by atomic mass is 9.94. The van der Waals surface area contributed by atoms with Crippen molar-refractivity contribution in [3.63, 3.8) is 0 Å². The number of rotatable bonds is 8. The molecule has 34 heavy (non-hydrogen) atoms. The zero-order chi connectivity index (χ0) is 24.1. The van der Waals surface area contributed by atoms with Crippen LogP contribution in [0.25, 0.3) is 0 Å². The van der Waals surface area contributed by atoms with Crippen LogP contribution in [-0.4, -0.2) is 63.2 Å². The van der Waals surface area contributed by atoms with E-state index in [1.165, 1.54) is 44.2 Å². The van der Waals surface area contributed by atoms with Crippen molar-refractivity contribution in [1.29, 1.82) is 0 Å². The van der Waals surface area contributed by atoms with Gasteiger partial charge < -0.3 is 14.7 Å². The number of nitrogens with zero attached hydrogens (tertiary/aromatic N) is 2. The predicted molar refractivity (Wildman–Crippen MR) is 132 cm³/mol. The molecule has 0 amide bonds. The summed E-state index contributed by atoms with van der Waals surface area (Å²) in [5.41, 5.74) is 0.775. The van der Waals surface area contributed by atoms with Crippen molar-refractivity contribution in [3.05, 3.63) is 48.0 Å². The maximum absolute atomic E-state index is 12.9. The first-order valence-electron chi connectivity index (χ1n) is 12.0. The average molecular weight is 488 g/mol. The fourth-order valence-corrected chi connectivity index (χ4v) is 5.95. The van der Waals surface area contributed by atoms with Gasteiger partial charge in [0.25, 0.3) is 10.0 Å². The van der Waals surface area contributed by atoms with E-state index in [2.05, 4.69) is 14.5 Å². The summed E-state index contributed by atoms with van der Waals surface area (Å²) in [4.78, 5) is 16.8. The lowest BCUT2D eigenvalue weighted by molar-refractivity contribution is 0.0698. The first kappa shape index (κ1) is 24.3. The molecule has 1 saturated heterocycles. The molecule has 1 heterocycles. The SMILES string of the molecule is CCOc1ccc(S(=O)(=O)Nc2ccc(N3CCN(C4CCCCC4)CC3)cc2C(=O)O)cc1. The van der Waals surface area contributed by atoms with E-state index in [4.69, 9.17) is 4.74 Å². The summed E-state index contributed by atoms with van der Waals surface area (Å²) in [5.74, 6) is -0.604. The summed E-state index contributed by atoms with van der Waals surface area (Å²) in [5, 5.41) is 9.79.